The van der Waals surface area contributed by atoms with Gasteiger partial charge in [-0.05, 0) is 30.3 Å². The topological polar surface area (TPSA) is 163 Å². The van der Waals surface area contributed by atoms with E-state index in [-0.39, 0.29) is 46.7 Å². The predicted octanol–water partition coefficient (Wildman–Crippen LogP) is 3.22. The summed E-state index contributed by atoms with van der Waals surface area (Å²) in [7, 11) is 2.01. The summed E-state index contributed by atoms with van der Waals surface area (Å²) in [5.41, 5.74) is 1.27. The number of nitrogens with one attached hydrogen (secondary N) is 3. The van der Waals surface area contributed by atoms with Crippen molar-refractivity contribution in [1.29, 1.82) is 5.26 Å². The van der Waals surface area contributed by atoms with Crippen LogP contribution in [-0.4, -0.2) is 101 Å². The number of anilines is 2. The van der Waals surface area contributed by atoms with Crippen LogP contribution in [0.4, 0.5) is 20.3 Å². The lowest BCUT2D eigenvalue weighted by Crippen LogP contribution is -2.63. The highest BCUT2D eigenvalue weighted by Crippen LogP contribution is 2.32. The SMILES string of the molecule is C[N+]1(CCOCCNC(=O)c2ccc(Nc3nccn4c(-c5ccc(OCC#N)c(F)c5F)cnc34)cc2Cl)CCNC(C(=O)O)C1. The van der Waals surface area contributed by atoms with Crippen LogP contribution in [0.15, 0.2) is 48.9 Å². The van der Waals surface area contributed by atoms with Crippen molar-refractivity contribution in [3.8, 4) is 23.1 Å². The lowest BCUT2D eigenvalue weighted by Gasteiger charge is -2.40. The number of imidazole rings is 1. The molecule has 3 heterocycles. The summed E-state index contributed by atoms with van der Waals surface area (Å²) in [6.07, 6.45) is 4.39. The van der Waals surface area contributed by atoms with Gasteiger partial charge in [-0.25, -0.2) is 14.4 Å². The van der Waals surface area contributed by atoms with Gasteiger partial charge in [0, 0.05) is 36.7 Å². The number of carbonyl (C=O) groups is 2. The molecule has 4 N–H and O–H groups in total. The molecule has 5 rings (SSSR count). The highest BCUT2D eigenvalue weighted by Gasteiger charge is 2.34. The van der Waals surface area contributed by atoms with Gasteiger partial charge in [0.1, 0.15) is 19.2 Å². The van der Waals surface area contributed by atoms with Gasteiger partial charge in [0.15, 0.2) is 35.7 Å². The van der Waals surface area contributed by atoms with Crippen LogP contribution in [0.1, 0.15) is 10.4 Å². The third kappa shape index (κ3) is 7.75. The summed E-state index contributed by atoms with van der Waals surface area (Å²) < 4.78 is 42.3. The van der Waals surface area contributed by atoms with Gasteiger partial charge >= 0.3 is 5.97 Å². The van der Waals surface area contributed by atoms with Gasteiger partial charge in [0.05, 0.1) is 49.3 Å². The molecule has 1 fully saturated rings. The summed E-state index contributed by atoms with van der Waals surface area (Å²) in [6, 6.07) is 8.47. The zero-order valence-corrected chi connectivity index (χ0v) is 26.1. The lowest BCUT2D eigenvalue weighted by molar-refractivity contribution is -0.913. The molecule has 1 aliphatic heterocycles. The Bertz CT molecular complexity index is 1830. The van der Waals surface area contributed by atoms with Crippen LogP contribution in [0, 0.1) is 23.0 Å². The number of carboxylic acids is 1. The number of rotatable bonds is 13. The van der Waals surface area contributed by atoms with Crippen LogP contribution in [-0.2, 0) is 9.53 Å². The predicted molar refractivity (Wildman–Crippen MR) is 168 cm³/mol. The molecule has 2 aromatic heterocycles. The number of hydrogen-bond acceptors (Lipinski definition) is 9. The molecule has 47 heavy (non-hydrogen) atoms. The summed E-state index contributed by atoms with van der Waals surface area (Å²) in [5, 5.41) is 27.0. The van der Waals surface area contributed by atoms with Gasteiger partial charge in [-0.3, -0.25) is 19.3 Å². The molecular weight excluding hydrogens is 638 g/mol. The van der Waals surface area contributed by atoms with E-state index in [0.29, 0.717) is 47.9 Å². The normalized spacial score (nSPS) is 17.6. The number of halogens is 3. The zero-order chi connectivity index (χ0) is 33.6. The first-order chi connectivity index (χ1) is 22.6. The van der Waals surface area contributed by atoms with Crippen molar-refractivity contribution >= 4 is 40.6 Å². The summed E-state index contributed by atoms with van der Waals surface area (Å²) in [5.74, 6) is -3.68. The second-order valence-corrected chi connectivity index (χ2v) is 11.5. The Balaban J connectivity index is 1.17. The number of aromatic nitrogens is 3. The van der Waals surface area contributed by atoms with Crippen LogP contribution >= 0.6 is 11.6 Å². The quantitative estimate of drug-likeness (QED) is 0.123. The number of fused-ring (bicyclic) bond motifs is 1. The van der Waals surface area contributed by atoms with Gasteiger partial charge in [-0.2, -0.15) is 9.65 Å². The molecule has 1 amide bonds. The molecule has 2 atom stereocenters. The Morgan fingerprint density at radius 1 is 1.23 bits per heavy atom. The molecule has 0 aliphatic carbocycles. The number of piperazine rings is 1. The molecule has 2 unspecified atom stereocenters. The lowest BCUT2D eigenvalue weighted by atomic mass is 10.1. The van der Waals surface area contributed by atoms with Crippen molar-refractivity contribution in [3.63, 3.8) is 0 Å². The van der Waals surface area contributed by atoms with Crippen molar-refractivity contribution in [3.05, 3.63) is 71.1 Å². The first kappa shape index (κ1) is 33.5. The van der Waals surface area contributed by atoms with Crippen molar-refractivity contribution in [2.24, 2.45) is 0 Å². The van der Waals surface area contributed by atoms with Crippen molar-refractivity contribution < 1.29 is 37.4 Å². The van der Waals surface area contributed by atoms with Crippen molar-refractivity contribution in [2.45, 2.75) is 6.04 Å². The number of nitrogens with zero attached hydrogens (tertiary/aromatic N) is 5. The number of benzene rings is 2. The van der Waals surface area contributed by atoms with E-state index in [1.165, 1.54) is 28.9 Å². The number of likely N-dealkylation sites (N-methyl/N-ethyl adjacent to an activating group) is 1. The molecule has 13 nitrogen and oxygen atoms in total. The van der Waals surface area contributed by atoms with Crippen LogP contribution in [0.25, 0.3) is 16.9 Å². The van der Waals surface area contributed by atoms with Crippen molar-refractivity contribution in [2.75, 3.05) is 64.9 Å². The van der Waals surface area contributed by atoms with E-state index < -0.39 is 30.3 Å². The molecule has 0 spiro atoms. The van der Waals surface area contributed by atoms with Gasteiger partial charge in [0.25, 0.3) is 5.91 Å². The number of amides is 1. The number of nitriles is 1. The largest absolute Gasteiger partial charge is 0.480 e. The second-order valence-electron chi connectivity index (χ2n) is 11.1. The van der Waals surface area contributed by atoms with E-state index in [1.54, 1.807) is 30.5 Å². The molecule has 2 aromatic carbocycles. The zero-order valence-electron chi connectivity index (χ0n) is 25.3. The number of ether oxygens (including phenoxy) is 2. The van der Waals surface area contributed by atoms with E-state index in [0.717, 1.165) is 6.54 Å². The first-order valence-corrected chi connectivity index (χ1v) is 15.0. The third-order valence-electron chi connectivity index (χ3n) is 7.79. The third-order valence-corrected chi connectivity index (χ3v) is 8.10. The van der Waals surface area contributed by atoms with Crippen LogP contribution < -0.4 is 20.7 Å². The molecule has 246 valence electrons. The fourth-order valence-electron chi connectivity index (χ4n) is 5.26. The molecule has 1 aliphatic rings. The number of carbonyl (C=O) groups excluding carboxylic acids is 1. The van der Waals surface area contributed by atoms with E-state index in [4.69, 9.17) is 26.3 Å². The summed E-state index contributed by atoms with van der Waals surface area (Å²) >= 11 is 6.44. The van der Waals surface area contributed by atoms with Gasteiger partial charge in [0.2, 0.25) is 5.82 Å². The number of quaternary nitrogens is 1. The van der Waals surface area contributed by atoms with Gasteiger partial charge < -0.3 is 29.7 Å². The molecule has 1 saturated heterocycles. The number of hydrogen-bond donors (Lipinski definition) is 4. The van der Waals surface area contributed by atoms with Gasteiger partial charge in [-0.1, -0.05) is 11.6 Å². The minimum absolute atomic E-state index is 0.0654. The average molecular weight is 670 g/mol. The van der Waals surface area contributed by atoms with Crippen LogP contribution in [0.5, 0.6) is 5.75 Å². The number of carboxylic acid groups (broad SMARTS) is 1. The molecule has 0 saturated carbocycles. The monoisotopic (exact) mass is 669 g/mol. The Morgan fingerprint density at radius 2 is 2.06 bits per heavy atom. The maximum Gasteiger partial charge on any atom is 0.326 e. The highest BCUT2D eigenvalue weighted by atomic mass is 35.5. The van der Waals surface area contributed by atoms with E-state index in [1.807, 2.05) is 7.05 Å². The Labute approximate surface area is 273 Å². The molecule has 0 bridgehead atoms. The smallest absolute Gasteiger partial charge is 0.326 e. The van der Waals surface area contributed by atoms with Crippen molar-refractivity contribution in [1.82, 2.24) is 25.0 Å². The molecule has 4 aromatic rings. The Morgan fingerprint density at radius 3 is 2.83 bits per heavy atom. The first-order valence-electron chi connectivity index (χ1n) is 14.6. The van der Waals surface area contributed by atoms with Crippen LogP contribution in [0.3, 0.4) is 0 Å². The number of aliphatic carboxylic acids is 1. The minimum Gasteiger partial charge on any atom is -0.480 e. The Hall–Kier alpha value is -4.88. The minimum atomic E-state index is -1.22. The molecular formula is C31H32ClF2N8O5+. The van der Waals surface area contributed by atoms with E-state index in [9.17, 15) is 23.5 Å². The van der Waals surface area contributed by atoms with E-state index >= 15 is 0 Å². The second kappa shape index (κ2) is 14.7. The highest BCUT2D eigenvalue weighted by molar-refractivity contribution is 6.34. The molecule has 16 heteroatoms. The fraction of sp³-hybridized carbons (Fsp3) is 0.323. The van der Waals surface area contributed by atoms with Gasteiger partial charge in [-0.15, -0.1) is 0 Å². The summed E-state index contributed by atoms with van der Waals surface area (Å²) in [6.45, 7) is 3.10. The Kier molecular flexibility index (Phi) is 10.5. The van der Waals surface area contributed by atoms with Crippen LogP contribution in [0.2, 0.25) is 5.02 Å². The maximum absolute atomic E-state index is 14.9. The standard InChI is InChI=1S/C31H31ClF2N8O5/c1-42(11-8-36-23(18-42)31(44)45)12-15-46-14-9-38-30(43)20-3-2-19(16-22(20)32)40-28-29-39-17-24(41(29)10-7-37-28)21-4-5-25(47-13-6-35)27(34)26(21)33/h2-5,7,10,16-17,23,36H,8-9,11-15,18H2,1H3,(H2-,37,38,40,43,44,45)/p+1. The van der Waals surface area contributed by atoms with E-state index in [2.05, 4.69) is 25.9 Å². The fourth-order valence-corrected chi connectivity index (χ4v) is 5.53. The molecule has 0 radical (unpaired) electrons. The maximum atomic E-state index is 14.9. The average Bonchev–Trinajstić information content (AvgIpc) is 3.48. The summed E-state index contributed by atoms with van der Waals surface area (Å²) in [4.78, 5) is 32.7.